The highest BCUT2D eigenvalue weighted by atomic mass is 32.2. The average Bonchev–Trinajstić information content (AvgIpc) is 2.64. The SMILES string of the molecule is CC(=CCSCC1CCCO1)C(=O)O. The predicted molar refractivity (Wildman–Crippen MR) is 57.7 cm³/mol. The minimum Gasteiger partial charge on any atom is -0.478 e. The van der Waals surface area contributed by atoms with E-state index in [4.69, 9.17) is 9.84 Å². The number of thioether (sulfide) groups is 1. The van der Waals surface area contributed by atoms with Gasteiger partial charge in [-0.2, -0.15) is 11.8 Å². The second-order valence-corrected chi connectivity index (χ2v) is 4.44. The molecule has 0 spiro atoms. The van der Waals surface area contributed by atoms with Crippen LogP contribution in [-0.2, 0) is 9.53 Å². The number of carboxylic acid groups (broad SMARTS) is 1. The summed E-state index contributed by atoms with van der Waals surface area (Å²) in [5, 5.41) is 8.59. The Kier molecular flexibility index (Phi) is 5.04. The molecule has 1 rings (SSSR count). The van der Waals surface area contributed by atoms with Gasteiger partial charge in [-0.05, 0) is 19.8 Å². The molecule has 0 aromatic carbocycles. The van der Waals surface area contributed by atoms with Crippen molar-refractivity contribution in [3.63, 3.8) is 0 Å². The molecule has 1 atom stereocenters. The molecule has 4 heteroatoms. The zero-order valence-electron chi connectivity index (χ0n) is 8.36. The first kappa shape index (κ1) is 11.6. The Bertz CT molecular complexity index is 219. The van der Waals surface area contributed by atoms with E-state index in [1.54, 1.807) is 24.8 Å². The largest absolute Gasteiger partial charge is 0.478 e. The monoisotopic (exact) mass is 216 g/mol. The normalized spacial score (nSPS) is 22.6. The minimum absolute atomic E-state index is 0.388. The first-order chi connectivity index (χ1) is 6.70. The summed E-state index contributed by atoms with van der Waals surface area (Å²) in [6, 6.07) is 0. The molecule has 80 valence electrons. The van der Waals surface area contributed by atoms with Crippen molar-refractivity contribution in [3.8, 4) is 0 Å². The smallest absolute Gasteiger partial charge is 0.330 e. The Hall–Kier alpha value is -0.480. The van der Waals surface area contributed by atoms with Gasteiger partial charge in [0.1, 0.15) is 0 Å². The molecule has 1 aliphatic rings. The van der Waals surface area contributed by atoms with Gasteiger partial charge in [0.25, 0.3) is 0 Å². The highest BCUT2D eigenvalue weighted by Crippen LogP contribution is 2.17. The van der Waals surface area contributed by atoms with E-state index in [-0.39, 0.29) is 0 Å². The number of hydrogen-bond acceptors (Lipinski definition) is 3. The second-order valence-electron chi connectivity index (χ2n) is 3.36. The molecule has 1 fully saturated rings. The Morgan fingerprint density at radius 3 is 3.07 bits per heavy atom. The van der Waals surface area contributed by atoms with Crippen LogP contribution < -0.4 is 0 Å². The van der Waals surface area contributed by atoms with E-state index in [0.717, 1.165) is 31.0 Å². The van der Waals surface area contributed by atoms with Crippen molar-refractivity contribution < 1.29 is 14.6 Å². The first-order valence-corrected chi connectivity index (χ1v) is 5.95. The zero-order chi connectivity index (χ0) is 10.4. The first-order valence-electron chi connectivity index (χ1n) is 4.79. The fourth-order valence-electron chi connectivity index (χ4n) is 1.25. The number of aliphatic carboxylic acids is 1. The van der Waals surface area contributed by atoms with E-state index in [1.807, 2.05) is 0 Å². The zero-order valence-corrected chi connectivity index (χ0v) is 9.18. The van der Waals surface area contributed by atoms with Gasteiger partial charge in [-0.25, -0.2) is 4.79 Å². The van der Waals surface area contributed by atoms with Crippen LogP contribution in [0.1, 0.15) is 19.8 Å². The number of hydrogen-bond donors (Lipinski definition) is 1. The number of carbonyl (C=O) groups is 1. The lowest BCUT2D eigenvalue weighted by Gasteiger charge is -2.06. The Morgan fingerprint density at radius 2 is 2.50 bits per heavy atom. The van der Waals surface area contributed by atoms with E-state index >= 15 is 0 Å². The molecule has 1 unspecified atom stereocenters. The van der Waals surface area contributed by atoms with Crippen molar-refractivity contribution in [2.75, 3.05) is 18.1 Å². The van der Waals surface area contributed by atoms with Crippen LogP contribution in [-0.4, -0.2) is 35.3 Å². The summed E-state index contributed by atoms with van der Waals surface area (Å²) in [4.78, 5) is 10.4. The van der Waals surface area contributed by atoms with Gasteiger partial charge in [0.05, 0.1) is 6.10 Å². The molecule has 3 nitrogen and oxygen atoms in total. The summed E-state index contributed by atoms with van der Waals surface area (Å²) in [5.41, 5.74) is 0.421. The summed E-state index contributed by atoms with van der Waals surface area (Å²) in [7, 11) is 0. The summed E-state index contributed by atoms with van der Waals surface area (Å²) >= 11 is 1.73. The molecule has 0 aliphatic carbocycles. The Balaban J connectivity index is 2.09. The molecule has 0 radical (unpaired) electrons. The minimum atomic E-state index is -0.831. The van der Waals surface area contributed by atoms with Crippen LogP contribution in [0.25, 0.3) is 0 Å². The van der Waals surface area contributed by atoms with Crippen LogP contribution in [0.2, 0.25) is 0 Å². The van der Waals surface area contributed by atoms with Gasteiger partial charge in [0.15, 0.2) is 0 Å². The van der Waals surface area contributed by atoms with E-state index in [1.165, 1.54) is 0 Å². The molecule has 0 amide bonds. The van der Waals surface area contributed by atoms with Crippen LogP contribution in [0.3, 0.4) is 0 Å². The molecule has 1 saturated heterocycles. The molecular weight excluding hydrogens is 200 g/mol. The Morgan fingerprint density at radius 1 is 1.71 bits per heavy atom. The van der Waals surface area contributed by atoms with Gasteiger partial charge in [-0.15, -0.1) is 0 Å². The van der Waals surface area contributed by atoms with Crippen molar-refractivity contribution in [2.45, 2.75) is 25.9 Å². The maximum atomic E-state index is 10.4. The molecule has 0 saturated carbocycles. The van der Waals surface area contributed by atoms with E-state index in [0.29, 0.717) is 11.7 Å². The third-order valence-corrected chi connectivity index (χ3v) is 3.18. The van der Waals surface area contributed by atoms with E-state index in [2.05, 4.69) is 0 Å². The number of carboxylic acids is 1. The molecule has 0 aromatic heterocycles. The highest BCUT2D eigenvalue weighted by molar-refractivity contribution is 7.99. The standard InChI is InChI=1S/C10H16O3S/c1-8(10(11)12)4-6-14-7-9-3-2-5-13-9/h4,9H,2-3,5-7H2,1H3,(H,11,12). The van der Waals surface area contributed by atoms with E-state index < -0.39 is 5.97 Å². The van der Waals surface area contributed by atoms with Crippen LogP contribution in [0.4, 0.5) is 0 Å². The van der Waals surface area contributed by atoms with Crippen molar-refractivity contribution in [2.24, 2.45) is 0 Å². The third kappa shape index (κ3) is 4.15. The van der Waals surface area contributed by atoms with Gasteiger partial charge in [-0.1, -0.05) is 6.08 Å². The van der Waals surface area contributed by atoms with Crippen molar-refractivity contribution in [3.05, 3.63) is 11.6 Å². The number of rotatable bonds is 5. The predicted octanol–water partition coefficient (Wildman–Crippen LogP) is 1.93. The van der Waals surface area contributed by atoms with Gasteiger partial charge in [0.2, 0.25) is 0 Å². The van der Waals surface area contributed by atoms with E-state index in [9.17, 15) is 4.79 Å². The summed E-state index contributed by atoms with van der Waals surface area (Å²) in [6.07, 6.45) is 4.45. The van der Waals surface area contributed by atoms with Gasteiger partial charge in [-0.3, -0.25) is 0 Å². The van der Waals surface area contributed by atoms with Crippen LogP contribution in [0, 0.1) is 0 Å². The maximum absolute atomic E-state index is 10.4. The average molecular weight is 216 g/mol. The quantitative estimate of drug-likeness (QED) is 0.563. The number of ether oxygens (including phenoxy) is 1. The lowest BCUT2D eigenvalue weighted by Crippen LogP contribution is -2.08. The fraction of sp³-hybridized carbons (Fsp3) is 0.700. The van der Waals surface area contributed by atoms with Crippen LogP contribution >= 0.6 is 11.8 Å². The molecule has 1 aliphatic heterocycles. The molecule has 14 heavy (non-hydrogen) atoms. The molecular formula is C10H16O3S. The fourth-order valence-corrected chi connectivity index (χ4v) is 2.28. The van der Waals surface area contributed by atoms with Gasteiger partial charge < -0.3 is 9.84 Å². The second kappa shape index (κ2) is 6.09. The summed E-state index contributed by atoms with van der Waals surface area (Å²) in [6.45, 7) is 2.50. The molecule has 1 N–H and O–H groups in total. The lowest BCUT2D eigenvalue weighted by molar-refractivity contribution is -0.132. The van der Waals surface area contributed by atoms with Gasteiger partial charge >= 0.3 is 5.97 Å². The summed E-state index contributed by atoms with van der Waals surface area (Å²) < 4.78 is 5.45. The van der Waals surface area contributed by atoms with Crippen molar-refractivity contribution in [1.82, 2.24) is 0 Å². The van der Waals surface area contributed by atoms with Gasteiger partial charge in [0, 0.05) is 23.7 Å². The molecule has 1 heterocycles. The Labute approximate surface area is 88.5 Å². The third-order valence-electron chi connectivity index (χ3n) is 2.17. The molecule has 0 aromatic rings. The highest BCUT2D eigenvalue weighted by Gasteiger charge is 2.14. The lowest BCUT2D eigenvalue weighted by atomic mass is 10.3. The van der Waals surface area contributed by atoms with Crippen molar-refractivity contribution in [1.29, 1.82) is 0 Å². The topological polar surface area (TPSA) is 46.5 Å². The van der Waals surface area contributed by atoms with Crippen LogP contribution in [0.15, 0.2) is 11.6 Å². The van der Waals surface area contributed by atoms with Crippen LogP contribution in [0.5, 0.6) is 0 Å². The molecule has 0 bridgehead atoms. The summed E-state index contributed by atoms with van der Waals surface area (Å²) in [5.74, 6) is 0.907. The van der Waals surface area contributed by atoms with Crippen molar-refractivity contribution >= 4 is 17.7 Å². The maximum Gasteiger partial charge on any atom is 0.330 e.